The minimum atomic E-state index is -0.603. The van der Waals surface area contributed by atoms with Crippen LogP contribution in [0.1, 0.15) is 38.1 Å². The molecule has 6 nitrogen and oxygen atoms in total. The molecule has 2 amide bonds. The summed E-state index contributed by atoms with van der Waals surface area (Å²) in [6.45, 7) is 7.31. The Labute approximate surface area is 119 Å². The van der Waals surface area contributed by atoms with E-state index in [4.69, 9.17) is 5.84 Å². The van der Waals surface area contributed by atoms with Gasteiger partial charge >= 0.3 is 0 Å². The van der Waals surface area contributed by atoms with Gasteiger partial charge < -0.3 is 16.1 Å². The largest absolute Gasteiger partial charge is 0.350 e. The average Bonchev–Trinajstić information content (AvgIpc) is 2.36. The highest BCUT2D eigenvalue weighted by Gasteiger charge is 2.21. The summed E-state index contributed by atoms with van der Waals surface area (Å²) < 4.78 is 0. The van der Waals surface area contributed by atoms with Crippen molar-refractivity contribution in [1.82, 2.24) is 10.6 Å². The van der Waals surface area contributed by atoms with Gasteiger partial charge in [-0.25, -0.2) is 0 Å². The van der Waals surface area contributed by atoms with Gasteiger partial charge in [-0.05, 0) is 52.0 Å². The molecule has 0 saturated carbocycles. The molecule has 1 atom stereocenters. The van der Waals surface area contributed by atoms with Gasteiger partial charge in [-0.2, -0.15) is 0 Å². The topological polar surface area (TPSA) is 96.2 Å². The van der Waals surface area contributed by atoms with Crippen LogP contribution >= 0.6 is 0 Å². The maximum Gasteiger partial charge on any atom is 0.251 e. The first-order chi connectivity index (χ1) is 9.23. The first kappa shape index (κ1) is 16.0. The standard InChI is InChI=1S/C14H22N4O2/c1-9(12(19)17-14(2,3)4)16-13(20)10-5-7-11(18-15)8-6-10/h5-9,18H,15H2,1-4H3,(H,16,20)(H,17,19). The van der Waals surface area contributed by atoms with E-state index in [0.717, 1.165) is 0 Å². The highest BCUT2D eigenvalue weighted by molar-refractivity contribution is 5.97. The monoisotopic (exact) mass is 278 g/mol. The van der Waals surface area contributed by atoms with Crippen molar-refractivity contribution in [2.24, 2.45) is 5.84 Å². The Bertz CT molecular complexity index is 477. The summed E-state index contributed by atoms with van der Waals surface area (Å²) in [6.07, 6.45) is 0. The lowest BCUT2D eigenvalue weighted by Gasteiger charge is -2.23. The first-order valence-corrected chi connectivity index (χ1v) is 6.42. The molecule has 0 spiro atoms. The van der Waals surface area contributed by atoms with Crippen LogP contribution in [0, 0.1) is 0 Å². The summed E-state index contributed by atoms with van der Waals surface area (Å²) in [7, 11) is 0. The maximum atomic E-state index is 12.0. The van der Waals surface area contributed by atoms with E-state index in [1.807, 2.05) is 20.8 Å². The van der Waals surface area contributed by atoms with Crippen LogP contribution in [0.5, 0.6) is 0 Å². The van der Waals surface area contributed by atoms with Crippen LogP contribution < -0.4 is 21.9 Å². The molecule has 5 N–H and O–H groups in total. The van der Waals surface area contributed by atoms with E-state index < -0.39 is 6.04 Å². The Morgan fingerprint density at radius 1 is 1.15 bits per heavy atom. The fraction of sp³-hybridized carbons (Fsp3) is 0.429. The van der Waals surface area contributed by atoms with Gasteiger partial charge in [0.25, 0.3) is 5.91 Å². The van der Waals surface area contributed by atoms with Gasteiger partial charge in [0.15, 0.2) is 0 Å². The lowest BCUT2D eigenvalue weighted by Crippen LogP contribution is -2.50. The van der Waals surface area contributed by atoms with Gasteiger partial charge in [-0.1, -0.05) is 0 Å². The predicted molar refractivity (Wildman–Crippen MR) is 79.1 cm³/mol. The number of carbonyl (C=O) groups excluding carboxylic acids is 2. The Morgan fingerprint density at radius 3 is 2.15 bits per heavy atom. The normalized spacial score (nSPS) is 12.4. The van der Waals surface area contributed by atoms with E-state index in [1.54, 1.807) is 31.2 Å². The first-order valence-electron chi connectivity index (χ1n) is 6.42. The lowest BCUT2D eigenvalue weighted by molar-refractivity contribution is -0.124. The van der Waals surface area contributed by atoms with Crippen LogP contribution in [0.4, 0.5) is 5.69 Å². The zero-order valence-corrected chi connectivity index (χ0v) is 12.3. The van der Waals surface area contributed by atoms with Crippen LogP contribution in [0.2, 0.25) is 0 Å². The van der Waals surface area contributed by atoms with E-state index in [9.17, 15) is 9.59 Å². The summed E-state index contributed by atoms with van der Waals surface area (Å²) in [4.78, 5) is 23.9. The number of anilines is 1. The second kappa shape index (κ2) is 6.38. The van der Waals surface area contributed by atoms with Gasteiger partial charge in [0.2, 0.25) is 5.91 Å². The summed E-state index contributed by atoms with van der Waals surface area (Å²) in [6, 6.07) is 6.05. The fourth-order valence-corrected chi connectivity index (χ4v) is 1.54. The predicted octanol–water partition coefficient (Wildman–Crippen LogP) is 1.01. The Kier molecular flexibility index (Phi) is 5.10. The lowest BCUT2D eigenvalue weighted by atomic mass is 10.1. The van der Waals surface area contributed by atoms with Crippen molar-refractivity contribution in [2.75, 3.05) is 5.43 Å². The van der Waals surface area contributed by atoms with Gasteiger partial charge in [0.05, 0.1) is 0 Å². The van der Waals surface area contributed by atoms with Gasteiger partial charge in [-0.3, -0.25) is 15.4 Å². The molecule has 1 aromatic rings. The molecule has 110 valence electrons. The molecule has 1 aromatic carbocycles. The van der Waals surface area contributed by atoms with Crippen molar-refractivity contribution >= 4 is 17.5 Å². The number of rotatable bonds is 4. The number of amides is 2. The van der Waals surface area contributed by atoms with E-state index >= 15 is 0 Å². The molecule has 0 aliphatic rings. The Hall–Kier alpha value is -2.08. The minimum absolute atomic E-state index is 0.217. The summed E-state index contributed by atoms with van der Waals surface area (Å²) in [5.41, 5.74) is 3.33. The SMILES string of the molecule is CC(NC(=O)c1ccc(NN)cc1)C(=O)NC(C)(C)C. The average molecular weight is 278 g/mol. The fourth-order valence-electron chi connectivity index (χ4n) is 1.54. The molecule has 0 radical (unpaired) electrons. The maximum absolute atomic E-state index is 12.0. The van der Waals surface area contributed by atoms with E-state index in [1.165, 1.54) is 0 Å². The van der Waals surface area contributed by atoms with Gasteiger partial charge in [0.1, 0.15) is 6.04 Å². The van der Waals surface area contributed by atoms with Crippen molar-refractivity contribution in [3.05, 3.63) is 29.8 Å². The quantitative estimate of drug-likeness (QED) is 0.488. The third-order valence-corrected chi connectivity index (χ3v) is 2.55. The van der Waals surface area contributed by atoms with Crippen LogP contribution in [0.15, 0.2) is 24.3 Å². The number of hydrogen-bond acceptors (Lipinski definition) is 4. The zero-order chi connectivity index (χ0) is 15.3. The molecule has 0 heterocycles. The summed E-state index contributed by atoms with van der Waals surface area (Å²) in [5.74, 6) is 4.73. The zero-order valence-electron chi connectivity index (χ0n) is 12.3. The molecule has 0 aromatic heterocycles. The van der Waals surface area contributed by atoms with Crippen LogP contribution in [-0.2, 0) is 4.79 Å². The van der Waals surface area contributed by atoms with Crippen molar-refractivity contribution in [3.8, 4) is 0 Å². The molecular weight excluding hydrogens is 256 g/mol. The van der Waals surface area contributed by atoms with Crippen molar-refractivity contribution in [3.63, 3.8) is 0 Å². The minimum Gasteiger partial charge on any atom is -0.350 e. The van der Waals surface area contributed by atoms with Crippen LogP contribution in [-0.4, -0.2) is 23.4 Å². The van der Waals surface area contributed by atoms with Crippen molar-refractivity contribution < 1.29 is 9.59 Å². The molecule has 0 aliphatic carbocycles. The molecule has 1 unspecified atom stereocenters. The number of nitrogens with one attached hydrogen (secondary N) is 3. The van der Waals surface area contributed by atoms with E-state index in [-0.39, 0.29) is 17.4 Å². The Balaban J connectivity index is 2.62. The highest BCUT2D eigenvalue weighted by Crippen LogP contribution is 2.08. The number of nitrogen functional groups attached to an aromatic ring is 1. The van der Waals surface area contributed by atoms with Gasteiger partial charge in [-0.15, -0.1) is 0 Å². The highest BCUT2D eigenvalue weighted by atomic mass is 16.2. The Morgan fingerprint density at radius 2 is 1.70 bits per heavy atom. The summed E-state index contributed by atoms with van der Waals surface area (Å²) in [5, 5.41) is 5.47. The number of nitrogens with two attached hydrogens (primary N) is 1. The molecule has 0 aliphatic heterocycles. The molecular formula is C14H22N4O2. The van der Waals surface area contributed by atoms with Crippen molar-refractivity contribution in [2.45, 2.75) is 39.3 Å². The molecule has 6 heteroatoms. The number of hydrogen-bond donors (Lipinski definition) is 4. The van der Waals surface area contributed by atoms with E-state index in [2.05, 4.69) is 16.1 Å². The molecule has 1 rings (SSSR count). The number of carbonyl (C=O) groups is 2. The second-order valence-corrected chi connectivity index (χ2v) is 5.66. The third kappa shape index (κ3) is 4.89. The third-order valence-electron chi connectivity index (χ3n) is 2.55. The summed E-state index contributed by atoms with van der Waals surface area (Å²) >= 11 is 0. The van der Waals surface area contributed by atoms with Crippen molar-refractivity contribution in [1.29, 1.82) is 0 Å². The van der Waals surface area contributed by atoms with Crippen LogP contribution in [0.3, 0.4) is 0 Å². The molecule has 20 heavy (non-hydrogen) atoms. The number of hydrazine groups is 1. The molecule has 0 bridgehead atoms. The second-order valence-electron chi connectivity index (χ2n) is 5.66. The van der Waals surface area contributed by atoms with E-state index in [0.29, 0.717) is 11.3 Å². The molecule has 0 saturated heterocycles. The smallest absolute Gasteiger partial charge is 0.251 e. The van der Waals surface area contributed by atoms with Crippen LogP contribution in [0.25, 0.3) is 0 Å². The van der Waals surface area contributed by atoms with Gasteiger partial charge in [0, 0.05) is 16.8 Å². The number of benzene rings is 1. The molecule has 0 fully saturated rings.